The molecule has 1 saturated heterocycles. The van der Waals surface area contributed by atoms with Gasteiger partial charge in [0.2, 0.25) is 0 Å². The molecule has 0 unspecified atom stereocenters. The van der Waals surface area contributed by atoms with E-state index >= 15 is 0 Å². The van der Waals surface area contributed by atoms with E-state index in [1.54, 1.807) is 18.9 Å². The van der Waals surface area contributed by atoms with Gasteiger partial charge in [-0.05, 0) is 12.5 Å². The van der Waals surface area contributed by atoms with Crippen LogP contribution < -0.4 is 5.56 Å². The first-order valence-corrected chi connectivity index (χ1v) is 8.27. The molecule has 2 aromatic heterocycles. The lowest BCUT2D eigenvalue weighted by molar-refractivity contribution is -0.141. The first kappa shape index (κ1) is 16.6. The van der Waals surface area contributed by atoms with E-state index in [0.29, 0.717) is 33.8 Å². The van der Waals surface area contributed by atoms with E-state index in [0.717, 1.165) is 0 Å². The number of carboxylic acid groups (broad SMARTS) is 1. The summed E-state index contributed by atoms with van der Waals surface area (Å²) in [5.41, 5.74) is 0.438. The van der Waals surface area contributed by atoms with E-state index in [1.165, 1.54) is 22.2 Å². The highest BCUT2D eigenvalue weighted by Crippen LogP contribution is 2.28. The number of morpholine rings is 1. The number of fused-ring (bicyclic) bond motifs is 1. The van der Waals surface area contributed by atoms with Gasteiger partial charge in [-0.2, -0.15) is 0 Å². The molecule has 3 rings (SSSR count). The Labute approximate surface area is 141 Å². The number of thiophene rings is 1. The molecule has 128 valence electrons. The number of carbonyl (C=O) groups excluding carboxylic acids is 1. The van der Waals surface area contributed by atoms with Crippen LogP contribution in [-0.4, -0.2) is 57.2 Å². The zero-order valence-corrected chi connectivity index (χ0v) is 14.1. The summed E-state index contributed by atoms with van der Waals surface area (Å²) in [5.74, 6) is -1.17. The maximum atomic E-state index is 12.8. The van der Waals surface area contributed by atoms with Crippen LogP contribution in [0.15, 0.2) is 11.1 Å². The van der Waals surface area contributed by atoms with Gasteiger partial charge >= 0.3 is 5.97 Å². The number of hydrogen-bond donors (Lipinski definition) is 1. The van der Waals surface area contributed by atoms with Crippen LogP contribution in [0.5, 0.6) is 0 Å². The van der Waals surface area contributed by atoms with E-state index in [2.05, 4.69) is 4.98 Å². The maximum Gasteiger partial charge on any atom is 0.306 e. The maximum absolute atomic E-state index is 12.8. The van der Waals surface area contributed by atoms with Crippen molar-refractivity contribution in [3.8, 4) is 0 Å². The van der Waals surface area contributed by atoms with Gasteiger partial charge in [-0.3, -0.25) is 14.4 Å². The monoisotopic (exact) mass is 351 g/mol. The van der Waals surface area contributed by atoms with Crippen molar-refractivity contribution in [1.82, 2.24) is 14.5 Å². The van der Waals surface area contributed by atoms with Crippen molar-refractivity contribution in [2.24, 2.45) is 7.05 Å². The van der Waals surface area contributed by atoms with Gasteiger partial charge in [0.25, 0.3) is 11.5 Å². The predicted molar refractivity (Wildman–Crippen MR) is 87.5 cm³/mol. The Balaban J connectivity index is 1.91. The molecular formula is C15H17N3O5S. The average Bonchev–Trinajstić information content (AvgIpc) is 2.87. The standard InChI is InChI=1S/C15H17N3O5S/c1-8-11-13(16-7-17(2)14(11)21)24-12(8)15(22)18-3-4-23-9(6-18)5-10(19)20/h7,9H,3-6H2,1-2H3,(H,19,20)/t9-/m0/s1. The van der Waals surface area contributed by atoms with Crippen LogP contribution in [0.1, 0.15) is 21.7 Å². The number of carboxylic acids is 1. The number of hydrogen-bond acceptors (Lipinski definition) is 6. The zero-order chi connectivity index (χ0) is 17.4. The largest absolute Gasteiger partial charge is 0.481 e. The smallest absolute Gasteiger partial charge is 0.306 e. The van der Waals surface area contributed by atoms with Crippen molar-refractivity contribution >= 4 is 33.4 Å². The van der Waals surface area contributed by atoms with Gasteiger partial charge in [-0.15, -0.1) is 11.3 Å². The van der Waals surface area contributed by atoms with Gasteiger partial charge in [-0.1, -0.05) is 0 Å². The first-order valence-electron chi connectivity index (χ1n) is 7.46. The third kappa shape index (κ3) is 2.92. The molecule has 3 heterocycles. The van der Waals surface area contributed by atoms with E-state index in [4.69, 9.17) is 9.84 Å². The van der Waals surface area contributed by atoms with E-state index in [-0.39, 0.29) is 24.4 Å². The molecule has 1 atom stereocenters. The van der Waals surface area contributed by atoms with Crippen molar-refractivity contribution in [3.63, 3.8) is 0 Å². The van der Waals surface area contributed by atoms with Gasteiger partial charge in [-0.25, -0.2) is 4.98 Å². The summed E-state index contributed by atoms with van der Waals surface area (Å²) in [5, 5.41) is 9.34. The van der Waals surface area contributed by atoms with Crippen LogP contribution in [0.3, 0.4) is 0 Å². The first-order chi connectivity index (χ1) is 11.4. The van der Waals surface area contributed by atoms with Crippen LogP contribution in [0.4, 0.5) is 0 Å². The van der Waals surface area contributed by atoms with E-state index in [1.807, 2.05) is 0 Å². The minimum absolute atomic E-state index is 0.142. The van der Waals surface area contributed by atoms with Crippen LogP contribution in [-0.2, 0) is 16.6 Å². The van der Waals surface area contributed by atoms with Crippen molar-refractivity contribution in [2.45, 2.75) is 19.4 Å². The highest BCUT2D eigenvalue weighted by Gasteiger charge is 2.29. The fraction of sp³-hybridized carbons (Fsp3) is 0.467. The zero-order valence-electron chi connectivity index (χ0n) is 13.3. The average molecular weight is 351 g/mol. The number of aryl methyl sites for hydroxylation is 2. The molecule has 1 aliphatic heterocycles. The molecule has 0 aliphatic carbocycles. The molecular weight excluding hydrogens is 334 g/mol. The minimum atomic E-state index is -0.958. The van der Waals surface area contributed by atoms with Crippen molar-refractivity contribution in [1.29, 1.82) is 0 Å². The van der Waals surface area contributed by atoms with Crippen molar-refractivity contribution in [3.05, 3.63) is 27.1 Å². The summed E-state index contributed by atoms with van der Waals surface area (Å²) in [6.45, 7) is 2.66. The number of ether oxygens (including phenoxy) is 1. The van der Waals surface area contributed by atoms with Crippen LogP contribution in [0.25, 0.3) is 10.2 Å². The summed E-state index contributed by atoms with van der Waals surface area (Å²) in [7, 11) is 1.62. The fourth-order valence-electron chi connectivity index (χ4n) is 2.78. The summed E-state index contributed by atoms with van der Waals surface area (Å²) in [6.07, 6.45) is 0.782. The highest BCUT2D eigenvalue weighted by molar-refractivity contribution is 7.20. The molecule has 0 bridgehead atoms. The topological polar surface area (TPSA) is 102 Å². The number of amides is 1. The molecule has 0 aromatic carbocycles. The van der Waals surface area contributed by atoms with Gasteiger partial charge in [0.05, 0.1) is 35.7 Å². The molecule has 1 amide bonds. The third-order valence-corrected chi connectivity index (χ3v) is 5.22. The molecule has 8 nitrogen and oxygen atoms in total. The molecule has 1 N–H and O–H groups in total. The Morgan fingerprint density at radius 3 is 2.96 bits per heavy atom. The Morgan fingerprint density at radius 1 is 1.50 bits per heavy atom. The normalized spacial score (nSPS) is 18.1. The van der Waals surface area contributed by atoms with E-state index in [9.17, 15) is 14.4 Å². The lowest BCUT2D eigenvalue weighted by Gasteiger charge is -2.32. The molecule has 24 heavy (non-hydrogen) atoms. The SMILES string of the molecule is Cc1c(C(=O)N2CCO[C@@H](CC(=O)O)C2)sc2ncn(C)c(=O)c12. The molecule has 9 heteroatoms. The lowest BCUT2D eigenvalue weighted by Crippen LogP contribution is -2.46. The minimum Gasteiger partial charge on any atom is -0.481 e. The fourth-order valence-corrected chi connectivity index (χ4v) is 3.89. The lowest BCUT2D eigenvalue weighted by atomic mass is 10.1. The third-order valence-electron chi connectivity index (χ3n) is 4.03. The van der Waals surface area contributed by atoms with E-state index < -0.39 is 12.1 Å². The van der Waals surface area contributed by atoms with Crippen molar-refractivity contribution < 1.29 is 19.4 Å². The molecule has 1 aliphatic rings. The highest BCUT2D eigenvalue weighted by atomic mass is 32.1. The summed E-state index contributed by atoms with van der Waals surface area (Å²) in [4.78, 5) is 42.7. The number of carbonyl (C=O) groups is 2. The van der Waals surface area contributed by atoms with Gasteiger partial charge < -0.3 is 19.3 Å². The summed E-state index contributed by atoms with van der Waals surface area (Å²) >= 11 is 1.19. The Kier molecular flexibility index (Phi) is 4.37. The number of nitrogens with zero attached hydrogens (tertiary/aromatic N) is 3. The second kappa shape index (κ2) is 6.33. The predicted octanol–water partition coefficient (Wildman–Crippen LogP) is 0.619. The number of aromatic nitrogens is 2. The molecule has 2 aromatic rings. The Bertz CT molecular complexity index is 872. The summed E-state index contributed by atoms with van der Waals surface area (Å²) < 4.78 is 6.77. The van der Waals surface area contributed by atoms with Gasteiger partial charge in [0, 0.05) is 20.1 Å². The van der Waals surface area contributed by atoms with Crippen molar-refractivity contribution in [2.75, 3.05) is 19.7 Å². The summed E-state index contributed by atoms with van der Waals surface area (Å²) in [6, 6.07) is 0. The quantitative estimate of drug-likeness (QED) is 0.870. The number of aliphatic carboxylic acids is 1. The molecule has 0 spiro atoms. The Hall–Kier alpha value is -2.26. The van der Waals surface area contributed by atoms with Crippen LogP contribution in [0.2, 0.25) is 0 Å². The molecule has 0 radical (unpaired) electrons. The van der Waals surface area contributed by atoms with Crippen LogP contribution in [0, 0.1) is 6.92 Å². The second-order valence-corrected chi connectivity index (χ2v) is 6.74. The number of rotatable bonds is 3. The molecule has 0 saturated carbocycles. The Morgan fingerprint density at radius 2 is 2.25 bits per heavy atom. The molecule has 1 fully saturated rings. The van der Waals surface area contributed by atoms with Gasteiger partial charge in [0.15, 0.2) is 0 Å². The second-order valence-electron chi connectivity index (χ2n) is 5.74. The van der Waals surface area contributed by atoms with Gasteiger partial charge in [0.1, 0.15) is 4.83 Å². The van der Waals surface area contributed by atoms with Crippen LogP contribution >= 0.6 is 11.3 Å².